The smallest absolute Gasteiger partial charge is 0.331 e. The van der Waals surface area contributed by atoms with E-state index >= 15 is 0 Å². The molecule has 3 rings (SSSR count). The Balaban J connectivity index is 1.66. The van der Waals surface area contributed by atoms with Crippen molar-refractivity contribution in [1.82, 2.24) is 10.3 Å². The van der Waals surface area contributed by atoms with Crippen LogP contribution in [-0.4, -0.2) is 40.7 Å². The summed E-state index contributed by atoms with van der Waals surface area (Å²) in [5.41, 5.74) is -0.719. The number of halogens is 1. The molecule has 0 aliphatic carbocycles. The van der Waals surface area contributed by atoms with Crippen molar-refractivity contribution in [3.63, 3.8) is 0 Å². The highest BCUT2D eigenvalue weighted by molar-refractivity contribution is 7.23. The standard InChI is InChI=1S/C14H13ClN2O4S2/c15-10-2-1-9(23-10)12-16-8(6-22-12)5-11(18)17-14(13(19)20)3-4-21-7-14/h1-2,6H,3-5,7H2,(H,17,18)(H,19,20). The van der Waals surface area contributed by atoms with Crippen LogP contribution in [0.25, 0.3) is 9.88 Å². The first-order valence-corrected chi connectivity index (χ1v) is 8.88. The Kier molecular flexibility index (Phi) is 4.67. The van der Waals surface area contributed by atoms with Crippen LogP contribution in [0.15, 0.2) is 17.5 Å². The maximum absolute atomic E-state index is 12.1. The molecule has 1 amide bonds. The first-order chi connectivity index (χ1) is 11.0. The lowest BCUT2D eigenvalue weighted by atomic mass is 9.99. The van der Waals surface area contributed by atoms with Crippen molar-refractivity contribution < 1.29 is 19.4 Å². The number of nitrogens with one attached hydrogen (secondary N) is 1. The summed E-state index contributed by atoms with van der Waals surface area (Å²) in [6.07, 6.45) is 0.300. The SMILES string of the molecule is O=C(Cc1csc(-c2ccc(Cl)s2)n1)NC1(C(=O)O)CCOC1. The zero-order valence-electron chi connectivity index (χ0n) is 11.9. The second-order valence-electron chi connectivity index (χ2n) is 5.16. The number of carbonyl (C=O) groups excluding carboxylic acids is 1. The fourth-order valence-electron chi connectivity index (χ4n) is 2.29. The number of carbonyl (C=O) groups is 2. The monoisotopic (exact) mass is 372 g/mol. The highest BCUT2D eigenvalue weighted by atomic mass is 35.5. The molecule has 0 aromatic carbocycles. The number of amides is 1. The van der Waals surface area contributed by atoms with Gasteiger partial charge in [0.05, 0.1) is 27.9 Å². The van der Waals surface area contributed by atoms with Gasteiger partial charge in [-0.25, -0.2) is 9.78 Å². The van der Waals surface area contributed by atoms with Gasteiger partial charge in [0.1, 0.15) is 5.01 Å². The Morgan fingerprint density at radius 3 is 2.91 bits per heavy atom. The molecule has 1 unspecified atom stereocenters. The Hall–Kier alpha value is -1.48. The molecule has 23 heavy (non-hydrogen) atoms. The van der Waals surface area contributed by atoms with Gasteiger partial charge in [-0.2, -0.15) is 0 Å². The van der Waals surface area contributed by atoms with Gasteiger partial charge in [-0.15, -0.1) is 22.7 Å². The summed E-state index contributed by atoms with van der Waals surface area (Å²) in [6.45, 7) is 0.316. The number of thiazole rings is 1. The van der Waals surface area contributed by atoms with E-state index in [1.165, 1.54) is 22.7 Å². The number of hydrogen-bond donors (Lipinski definition) is 2. The van der Waals surface area contributed by atoms with Crippen molar-refractivity contribution in [3.05, 3.63) is 27.5 Å². The van der Waals surface area contributed by atoms with Crippen LogP contribution in [0.5, 0.6) is 0 Å². The van der Waals surface area contributed by atoms with Gasteiger partial charge in [-0.3, -0.25) is 4.79 Å². The normalized spacial score (nSPS) is 20.6. The van der Waals surface area contributed by atoms with Gasteiger partial charge in [0.2, 0.25) is 5.91 Å². The molecular weight excluding hydrogens is 360 g/mol. The average molecular weight is 373 g/mol. The van der Waals surface area contributed by atoms with E-state index in [4.69, 9.17) is 16.3 Å². The molecule has 122 valence electrons. The van der Waals surface area contributed by atoms with Crippen molar-refractivity contribution in [2.45, 2.75) is 18.4 Å². The third-order valence-electron chi connectivity index (χ3n) is 3.49. The van der Waals surface area contributed by atoms with Crippen LogP contribution in [-0.2, 0) is 20.7 Å². The molecule has 9 heteroatoms. The molecular formula is C14H13ClN2O4S2. The minimum absolute atomic E-state index is 0.00984. The quantitative estimate of drug-likeness (QED) is 0.841. The maximum atomic E-state index is 12.1. The molecule has 0 radical (unpaired) electrons. The summed E-state index contributed by atoms with van der Waals surface area (Å²) in [7, 11) is 0. The van der Waals surface area contributed by atoms with E-state index in [2.05, 4.69) is 10.3 Å². The number of nitrogens with zero attached hydrogens (tertiary/aromatic N) is 1. The summed E-state index contributed by atoms with van der Waals surface area (Å²) < 4.78 is 5.80. The lowest BCUT2D eigenvalue weighted by Gasteiger charge is -2.23. The summed E-state index contributed by atoms with van der Waals surface area (Å²) in [4.78, 5) is 28.9. The molecule has 1 fully saturated rings. The Bertz CT molecular complexity index is 737. The van der Waals surface area contributed by atoms with Crippen LogP contribution in [0.1, 0.15) is 12.1 Å². The zero-order chi connectivity index (χ0) is 16.4. The van der Waals surface area contributed by atoms with Crippen LogP contribution < -0.4 is 5.32 Å². The third-order valence-corrected chi connectivity index (χ3v) is 5.78. The van der Waals surface area contributed by atoms with Gasteiger partial charge in [0.25, 0.3) is 0 Å². The zero-order valence-corrected chi connectivity index (χ0v) is 14.3. The van der Waals surface area contributed by atoms with Gasteiger partial charge < -0.3 is 15.2 Å². The molecule has 2 N–H and O–H groups in total. The highest BCUT2D eigenvalue weighted by Crippen LogP contribution is 2.33. The number of carboxylic acids is 1. The first-order valence-electron chi connectivity index (χ1n) is 6.81. The van der Waals surface area contributed by atoms with E-state index in [1.54, 1.807) is 11.4 Å². The largest absolute Gasteiger partial charge is 0.479 e. The van der Waals surface area contributed by atoms with Crippen molar-refractivity contribution in [2.75, 3.05) is 13.2 Å². The van der Waals surface area contributed by atoms with Gasteiger partial charge in [0, 0.05) is 18.4 Å². The number of aromatic nitrogens is 1. The lowest BCUT2D eigenvalue weighted by molar-refractivity contribution is -0.147. The number of rotatable bonds is 5. The molecule has 6 nitrogen and oxygen atoms in total. The second kappa shape index (κ2) is 6.56. The van der Waals surface area contributed by atoms with Crippen LogP contribution in [0.4, 0.5) is 0 Å². The fourth-order valence-corrected chi connectivity index (χ4v) is 4.23. The van der Waals surface area contributed by atoms with Crippen molar-refractivity contribution in [1.29, 1.82) is 0 Å². The van der Waals surface area contributed by atoms with Crippen LogP contribution in [0.3, 0.4) is 0 Å². The lowest BCUT2D eigenvalue weighted by Crippen LogP contribution is -2.55. The minimum Gasteiger partial charge on any atom is -0.479 e. The maximum Gasteiger partial charge on any atom is 0.331 e. The Labute approximate surface area is 145 Å². The average Bonchev–Trinajstić information content (AvgIpc) is 3.20. The molecule has 2 aromatic heterocycles. The summed E-state index contributed by atoms with van der Waals surface area (Å²) in [6, 6.07) is 3.68. The molecule has 1 saturated heterocycles. The van der Waals surface area contributed by atoms with Crippen molar-refractivity contribution >= 4 is 46.2 Å². The number of carboxylic acid groups (broad SMARTS) is 1. The Morgan fingerprint density at radius 1 is 1.48 bits per heavy atom. The van der Waals surface area contributed by atoms with Gasteiger partial charge in [-0.1, -0.05) is 11.6 Å². The molecule has 1 aliphatic heterocycles. The van der Waals surface area contributed by atoms with Crippen LogP contribution in [0, 0.1) is 0 Å². The van der Waals surface area contributed by atoms with E-state index in [1.807, 2.05) is 6.07 Å². The van der Waals surface area contributed by atoms with E-state index in [-0.39, 0.29) is 25.4 Å². The number of thiophene rings is 1. The van der Waals surface area contributed by atoms with E-state index in [9.17, 15) is 14.7 Å². The predicted molar refractivity (Wildman–Crippen MR) is 88.1 cm³/mol. The number of ether oxygens (including phenoxy) is 1. The highest BCUT2D eigenvalue weighted by Gasteiger charge is 2.43. The van der Waals surface area contributed by atoms with Crippen molar-refractivity contribution in [2.24, 2.45) is 0 Å². The second-order valence-corrected chi connectivity index (χ2v) is 7.74. The van der Waals surface area contributed by atoms with Crippen LogP contribution in [0.2, 0.25) is 4.34 Å². The first kappa shape index (κ1) is 16.4. The fraction of sp³-hybridized carbons (Fsp3) is 0.357. The molecule has 1 atom stereocenters. The van der Waals surface area contributed by atoms with Gasteiger partial charge in [-0.05, 0) is 12.1 Å². The topological polar surface area (TPSA) is 88.5 Å². The van der Waals surface area contributed by atoms with Gasteiger partial charge >= 0.3 is 5.97 Å². The van der Waals surface area contributed by atoms with E-state index in [0.29, 0.717) is 16.6 Å². The number of hydrogen-bond acceptors (Lipinski definition) is 6. The summed E-state index contributed by atoms with van der Waals surface area (Å²) >= 11 is 8.75. The van der Waals surface area contributed by atoms with Gasteiger partial charge in [0.15, 0.2) is 5.54 Å². The minimum atomic E-state index is -1.32. The number of aliphatic carboxylic acids is 1. The predicted octanol–water partition coefficient (Wildman–Crippen LogP) is 2.43. The molecule has 0 bridgehead atoms. The van der Waals surface area contributed by atoms with Crippen molar-refractivity contribution in [3.8, 4) is 9.88 Å². The summed E-state index contributed by atoms with van der Waals surface area (Å²) in [5.74, 6) is -1.45. The third kappa shape index (κ3) is 3.55. The molecule has 2 aromatic rings. The van der Waals surface area contributed by atoms with Crippen LogP contribution >= 0.6 is 34.3 Å². The molecule has 0 spiro atoms. The Morgan fingerprint density at radius 2 is 2.30 bits per heavy atom. The van der Waals surface area contributed by atoms with E-state index < -0.39 is 11.5 Å². The molecule has 1 aliphatic rings. The molecule has 3 heterocycles. The summed E-state index contributed by atoms with van der Waals surface area (Å²) in [5, 5.41) is 14.5. The molecule has 0 saturated carbocycles. The van der Waals surface area contributed by atoms with E-state index in [0.717, 1.165) is 9.88 Å².